The average Bonchev–Trinajstić information content (AvgIpc) is 3.27. The van der Waals surface area contributed by atoms with E-state index in [0.717, 1.165) is 11.0 Å². The lowest BCUT2D eigenvalue weighted by Crippen LogP contribution is -2.44. The van der Waals surface area contributed by atoms with Crippen molar-refractivity contribution >= 4 is 57.6 Å². The summed E-state index contributed by atoms with van der Waals surface area (Å²) in [5.41, 5.74) is 21.3. The van der Waals surface area contributed by atoms with E-state index in [0.29, 0.717) is 57.5 Å². The molecule has 0 fully saturated rings. The number of hydrogen-bond donors (Lipinski definition) is 7. The van der Waals surface area contributed by atoms with Gasteiger partial charge in [-0.2, -0.15) is 5.11 Å². The molecule has 2 aliphatic rings. The van der Waals surface area contributed by atoms with Crippen molar-refractivity contribution in [3.8, 4) is 28.2 Å². The van der Waals surface area contributed by atoms with Crippen LogP contribution in [-0.4, -0.2) is 86.6 Å². The molecular formula is C47H50N9O8+. The number of rotatable bonds is 17. The van der Waals surface area contributed by atoms with Crippen molar-refractivity contribution in [3.63, 3.8) is 0 Å². The zero-order valence-electron chi connectivity index (χ0n) is 35.8. The Morgan fingerprint density at radius 2 is 1.52 bits per heavy atom. The van der Waals surface area contributed by atoms with Crippen molar-refractivity contribution < 1.29 is 38.6 Å². The molecule has 17 heteroatoms. The number of carboxylic acids is 1. The maximum Gasteiger partial charge on any atom is 0.336 e. The molecule has 0 bridgehead atoms. The second-order valence-corrected chi connectivity index (χ2v) is 15.7. The maximum atomic E-state index is 13.3. The van der Waals surface area contributed by atoms with Gasteiger partial charge < -0.3 is 47.4 Å². The maximum absolute atomic E-state index is 13.3. The third-order valence-corrected chi connectivity index (χ3v) is 10.6. The van der Waals surface area contributed by atoms with E-state index in [2.05, 4.69) is 20.9 Å². The number of amides is 4. The minimum Gasteiger partial charge on any atom is -0.506 e. The molecular weight excluding hydrogens is 819 g/mol. The number of primary amides is 2. The Morgan fingerprint density at radius 1 is 0.797 bits per heavy atom. The standard InChI is InChI=1S/C47H49N9O8/c1-55(2)30-14-17-33-40(24-30)64-41-25-31(56(3)4)15-18-34(41)42(33)32-16-11-28(23-35(32)47(62)63)45(60)51-20-6-5-7-37(44(50)59)52-46(61)27-9-12-29(13-10-27)53-54-38-22-26(8-19-39(38)57)21-36(48)43(49)58/h8-19,22-25,36-37H,5-7,20-21,48H2,1-4H3,(H7-,49,50,51,52,53,57,58,59,60,61,62,63)/p+1. The smallest absolute Gasteiger partial charge is 0.336 e. The molecule has 1 aliphatic heterocycles. The summed E-state index contributed by atoms with van der Waals surface area (Å²) in [5.74, 6) is -3.18. The van der Waals surface area contributed by atoms with Crippen molar-refractivity contribution in [3.05, 3.63) is 125 Å². The van der Waals surface area contributed by atoms with E-state index in [1.165, 1.54) is 42.5 Å². The van der Waals surface area contributed by atoms with E-state index in [9.17, 15) is 34.2 Å². The molecule has 330 valence electrons. The van der Waals surface area contributed by atoms with Gasteiger partial charge in [-0.3, -0.25) is 19.2 Å². The molecule has 1 aliphatic carbocycles. The number of phenols is 1. The zero-order chi connectivity index (χ0) is 46.2. The predicted molar refractivity (Wildman–Crippen MR) is 243 cm³/mol. The Bertz CT molecular complexity index is 2830. The van der Waals surface area contributed by atoms with Crippen LogP contribution >= 0.6 is 0 Å². The van der Waals surface area contributed by atoms with Crippen LogP contribution in [0.1, 0.15) is 55.9 Å². The van der Waals surface area contributed by atoms with Gasteiger partial charge in [0.25, 0.3) is 11.8 Å². The van der Waals surface area contributed by atoms with Crippen molar-refractivity contribution in [2.24, 2.45) is 27.4 Å². The number of hydrogen-bond acceptors (Lipinski definition) is 11. The molecule has 64 heavy (non-hydrogen) atoms. The molecule has 4 amide bonds. The van der Waals surface area contributed by atoms with Crippen molar-refractivity contribution in [1.29, 1.82) is 0 Å². The second kappa shape index (κ2) is 19.9. The molecule has 6 rings (SSSR count). The fraction of sp³-hybridized carbons (Fsp3) is 0.234. The van der Waals surface area contributed by atoms with Gasteiger partial charge in [-0.05, 0) is 104 Å². The number of nitrogens with zero attached hydrogens (tertiary/aromatic N) is 4. The van der Waals surface area contributed by atoms with E-state index in [1.807, 2.05) is 74.1 Å². The summed E-state index contributed by atoms with van der Waals surface area (Å²) in [4.78, 5) is 64.7. The third-order valence-electron chi connectivity index (χ3n) is 10.6. The fourth-order valence-corrected chi connectivity index (χ4v) is 7.02. The molecule has 0 spiro atoms. The normalized spacial score (nSPS) is 12.2. The summed E-state index contributed by atoms with van der Waals surface area (Å²) in [7, 11) is 7.69. The molecule has 1 heterocycles. The molecule has 17 nitrogen and oxygen atoms in total. The first-order valence-electron chi connectivity index (χ1n) is 20.3. The van der Waals surface area contributed by atoms with E-state index in [-0.39, 0.29) is 47.5 Å². The van der Waals surface area contributed by atoms with Crippen LogP contribution < -0.4 is 42.7 Å². The monoisotopic (exact) mass is 868 g/mol. The number of nitrogens with one attached hydrogen (secondary N) is 2. The highest BCUT2D eigenvalue weighted by atomic mass is 16.4. The Labute approximate surface area is 368 Å². The summed E-state index contributed by atoms with van der Waals surface area (Å²) in [6, 6.07) is 24.8. The average molecular weight is 869 g/mol. The molecule has 10 N–H and O–H groups in total. The summed E-state index contributed by atoms with van der Waals surface area (Å²) in [6.45, 7) is 0.208. The lowest BCUT2D eigenvalue weighted by molar-refractivity contribution is -0.120. The van der Waals surface area contributed by atoms with Crippen molar-refractivity contribution in [2.75, 3.05) is 39.6 Å². The van der Waals surface area contributed by atoms with Gasteiger partial charge in [0, 0.05) is 66.1 Å². The number of carbonyl (C=O) groups is 5. The zero-order valence-corrected chi connectivity index (χ0v) is 35.8. The van der Waals surface area contributed by atoms with Crippen LogP contribution in [-0.2, 0) is 16.0 Å². The fourth-order valence-electron chi connectivity index (χ4n) is 7.02. The van der Waals surface area contributed by atoms with Gasteiger partial charge in [0.15, 0.2) is 0 Å². The van der Waals surface area contributed by atoms with Crippen LogP contribution in [0.25, 0.3) is 33.4 Å². The lowest BCUT2D eigenvalue weighted by Gasteiger charge is -2.19. The van der Waals surface area contributed by atoms with Gasteiger partial charge in [0.05, 0.1) is 23.4 Å². The van der Waals surface area contributed by atoms with Gasteiger partial charge in [-0.15, -0.1) is 5.11 Å². The molecule has 4 aromatic rings. The quantitative estimate of drug-likeness (QED) is 0.0288. The molecule has 4 aromatic carbocycles. The van der Waals surface area contributed by atoms with Crippen LogP contribution in [0.3, 0.4) is 0 Å². The molecule has 0 saturated heterocycles. The van der Waals surface area contributed by atoms with Gasteiger partial charge >= 0.3 is 5.97 Å². The number of aromatic hydroxyl groups is 1. The SMILES string of the molecule is CN(C)c1ccc2c(-c3ccc(C(=O)NCCCCC(NC(=O)c4ccc(/N=N/c5cc(CC(N)C(N)=O)ccc5O)cc4)C(N)=O)cc3C(=O)O)c3ccc(=[N+](C)C)cc-3oc2c1. The van der Waals surface area contributed by atoms with Crippen molar-refractivity contribution in [1.82, 2.24) is 15.2 Å². The van der Waals surface area contributed by atoms with Crippen LogP contribution in [0, 0.1) is 0 Å². The number of carbonyl (C=O) groups excluding carboxylic acids is 4. The van der Waals surface area contributed by atoms with E-state index in [1.54, 1.807) is 18.2 Å². The van der Waals surface area contributed by atoms with Crippen LogP contribution in [0.15, 0.2) is 112 Å². The minimum absolute atomic E-state index is 0.0550. The predicted octanol–water partition coefficient (Wildman–Crippen LogP) is 4.66. The number of phenolic OH excluding ortho intramolecular Hbond substituents is 1. The Kier molecular flexibility index (Phi) is 14.1. The largest absolute Gasteiger partial charge is 0.506 e. The molecule has 2 atom stereocenters. The highest BCUT2D eigenvalue weighted by molar-refractivity contribution is 6.09. The molecule has 0 saturated carbocycles. The molecule has 0 aromatic heterocycles. The van der Waals surface area contributed by atoms with Crippen LogP contribution in [0.2, 0.25) is 0 Å². The minimum atomic E-state index is -1.20. The molecule has 2 unspecified atom stereocenters. The van der Waals surface area contributed by atoms with E-state index in [4.69, 9.17) is 21.6 Å². The Hall–Kier alpha value is -7.92. The first-order chi connectivity index (χ1) is 30.5. The summed E-state index contributed by atoms with van der Waals surface area (Å²) >= 11 is 0. The first kappa shape index (κ1) is 45.6. The highest BCUT2D eigenvalue weighted by Crippen LogP contribution is 2.42. The number of carboxylic acid groups (broad SMARTS) is 1. The van der Waals surface area contributed by atoms with Crippen molar-refractivity contribution in [2.45, 2.75) is 37.8 Å². The third kappa shape index (κ3) is 10.7. The Morgan fingerprint density at radius 3 is 2.19 bits per heavy atom. The summed E-state index contributed by atoms with van der Waals surface area (Å²) < 4.78 is 8.34. The number of azo groups is 1. The number of anilines is 1. The van der Waals surface area contributed by atoms with Gasteiger partial charge in [-0.1, -0.05) is 12.1 Å². The second-order valence-electron chi connectivity index (χ2n) is 15.7. The number of fused-ring (bicyclic) bond motifs is 2. The number of unbranched alkanes of at least 4 members (excludes halogenated alkanes) is 1. The topological polar surface area (TPSA) is 272 Å². The van der Waals surface area contributed by atoms with E-state index < -0.39 is 41.7 Å². The van der Waals surface area contributed by atoms with Gasteiger partial charge in [0.2, 0.25) is 17.2 Å². The van der Waals surface area contributed by atoms with Gasteiger partial charge in [-0.25, -0.2) is 9.37 Å². The number of benzene rings is 5. The first-order valence-corrected chi connectivity index (χ1v) is 20.3. The van der Waals surface area contributed by atoms with Gasteiger partial charge in [0.1, 0.15) is 42.9 Å². The van der Waals surface area contributed by atoms with E-state index >= 15 is 0 Å². The number of nitrogens with two attached hydrogens (primary N) is 3. The summed E-state index contributed by atoms with van der Waals surface area (Å²) in [5, 5.41) is 35.9. The highest BCUT2D eigenvalue weighted by Gasteiger charge is 2.24. The molecule has 0 radical (unpaired) electrons. The van der Waals surface area contributed by atoms with Crippen LogP contribution in [0.4, 0.5) is 17.1 Å². The van der Waals surface area contributed by atoms with Crippen LogP contribution in [0.5, 0.6) is 5.75 Å². The lowest BCUT2D eigenvalue weighted by atomic mass is 9.89. The number of aromatic carboxylic acids is 1. The summed E-state index contributed by atoms with van der Waals surface area (Å²) in [6.07, 6.45) is 1.20. The Balaban J connectivity index is 1.07.